The molecule has 1 N–H and O–H groups in total. The van der Waals surface area contributed by atoms with Gasteiger partial charge in [0.25, 0.3) is 0 Å². The predicted molar refractivity (Wildman–Crippen MR) is 100 cm³/mol. The van der Waals surface area contributed by atoms with Crippen molar-refractivity contribution >= 4 is 29.3 Å². The van der Waals surface area contributed by atoms with Crippen molar-refractivity contribution < 1.29 is 14.0 Å². The van der Waals surface area contributed by atoms with Crippen LogP contribution in [0.3, 0.4) is 0 Å². The number of halogens is 1. The number of carbonyl (C=O) groups is 2. The van der Waals surface area contributed by atoms with Gasteiger partial charge in [-0.05, 0) is 36.6 Å². The third-order valence-electron chi connectivity index (χ3n) is 5.11. The first-order valence-corrected chi connectivity index (χ1v) is 9.58. The molecule has 0 unspecified atom stereocenters. The quantitative estimate of drug-likeness (QED) is 0.897. The fraction of sp³-hybridized carbons (Fsp3) is 0.300. The molecule has 0 aliphatic carbocycles. The number of nitrogens with one attached hydrogen (secondary N) is 1. The number of amides is 2. The van der Waals surface area contributed by atoms with Crippen LogP contribution in [0.1, 0.15) is 24.0 Å². The molecule has 0 radical (unpaired) electrons. The summed E-state index contributed by atoms with van der Waals surface area (Å²) in [5.41, 5.74) is 2.28. The molecule has 0 aromatic heterocycles. The normalized spacial score (nSPS) is 24.6. The van der Waals surface area contributed by atoms with E-state index < -0.39 is 16.7 Å². The molecule has 2 amide bonds. The maximum Gasteiger partial charge on any atom is 0.248 e. The fourth-order valence-corrected chi connectivity index (χ4v) is 5.43. The molecule has 6 heteroatoms. The first-order chi connectivity index (χ1) is 12.5. The van der Waals surface area contributed by atoms with E-state index in [0.29, 0.717) is 24.3 Å². The van der Waals surface area contributed by atoms with Crippen molar-refractivity contribution in [2.24, 2.45) is 0 Å². The van der Waals surface area contributed by atoms with Crippen molar-refractivity contribution in [3.63, 3.8) is 0 Å². The number of aryl methyl sites for hydroxylation is 1. The number of benzene rings is 2. The Morgan fingerprint density at radius 1 is 1.27 bits per heavy atom. The Morgan fingerprint density at radius 2 is 2.04 bits per heavy atom. The third-order valence-corrected chi connectivity index (χ3v) is 6.71. The molecule has 0 spiro atoms. The average molecular weight is 370 g/mol. The molecule has 2 aliphatic rings. The number of anilines is 1. The molecular weight excluding hydrogens is 351 g/mol. The Kier molecular flexibility index (Phi) is 4.23. The zero-order chi connectivity index (χ0) is 18.3. The van der Waals surface area contributed by atoms with Gasteiger partial charge in [-0.1, -0.05) is 36.4 Å². The van der Waals surface area contributed by atoms with Crippen LogP contribution < -0.4 is 5.32 Å². The Morgan fingerprint density at radius 3 is 2.81 bits per heavy atom. The molecule has 26 heavy (non-hydrogen) atoms. The van der Waals surface area contributed by atoms with Crippen molar-refractivity contribution in [2.45, 2.75) is 30.7 Å². The lowest BCUT2D eigenvalue weighted by molar-refractivity contribution is -0.136. The van der Waals surface area contributed by atoms with Crippen LogP contribution in [0.15, 0.2) is 48.5 Å². The molecule has 2 aromatic rings. The largest absolute Gasteiger partial charge is 0.324 e. The van der Waals surface area contributed by atoms with Crippen LogP contribution in [-0.4, -0.2) is 28.5 Å². The van der Waals surface area contributed by atoms with Crippen LogP contribution in [0.25, 0.3) is 0 Å². The van der Waals surface area contributed by atoms with Crippen molar-refractivity contribution in [3.05, 3.63) is 65.5 Å². The Bertz CT molecular complexity index is 873. The maximum absolute atomic E-state index is 13.5. The minimum atomic E-state index is -0.558. The first kappa shape index (κ1) is 17.1. The van der Waals surface area contributed by atoms with Crippen LogP contribution in [0.2, 0.25) is 0 Å². The predicted octanol–water partition coefficient (Wildman–Crippen LogP) is 3.66. The highest BCUT2D eigenvalue weighted by molar-refractivity contribution is 8.00. The maximum atomic E-state index is 13.5. The smallest absolute Gasteiger partial charge is 0.248 e. The molecule has 2 aromatic carbocycles. The lowest BCUT2D eigenvalue weighted by Crippen LogP contribution is -2.48. The minimum Gasteiger partial charge on any atom is -0.324 e. The lowest BCUT2D eigenvalue weighted by atomic mass is 10.0. The van der Waals surface area contributed by atoms with Crippen molar-refractivity contribution in [3.8, 4) is 0 Å². The van der Waals surface area contributed by atoms with Gasteiger partial charge in [0.15, 0.2) is 0 Å². The standard InChI is InChI=1S/C20H19FN2O2S/c1-13-7-8-15(21)11-16(13)22-19(25)17-12-26-20(10-9-18(24)23(17)20)14-5-3-2-4-6-14/h2-8,11,17H,9-10,12H2,1H3,(H,22,25)/t17-,20+/m1/s1. The van der Waals surface area contributed by atoms with E-state index in [1.807, 2.05) is 37.3 Å². The summed E-state index contributed by atoms with van der Waals surface area (Å²) in [6.45, 7) is 1.81. The van der Waals surface area contributed by atoms with Gasteiger partial charge in [0.1, 0.15) is 16.7 Å². The molecule has 0 saturated carbocycles. The van der Waals surface area contributed by atoms with Gasteiger partial charge in [-0.15, -0.1) is 11.8 Å². The summed E-state index contributed by atoms with van der Waals surface area (Å²) >= 11 is 1.64. The van der Waals surface area contributed by atoms with Gasteiger partial charge < -0.3 is 10.2 Å². The summed E-state index contributed by atoms with van der Waals surface area (Å²) in [5, 5.41) is 2.81. The van der Waals surface area contributed by atoms with Gasteiger partial charge in [0.2, 0.25) is 11.8 Å². The van der Waals surface area contributed by atoms with E-state index in [0.717, 1.165) is 11.1 Å². The van der Waals surface area contributed by atoms with Gasteiger partial charge >= 0.3 is 0 Å². The number of nitrogens with zero attached hydrogens (tertiary/aromatic N) is 1. The number of rotatable bonds is 3. The summed E-state index contributed by atoms with van der Waals surface area (Å²) in [6.07, 6.45) is 1.13. The Balaban J connectivity index is 1.63. The van der Waals surface area contributed by atoms with Gasteiger partial charge in [-0.25, -0.2) is 4.39 Å². The molecule has 2 atom stereocenters. The van der Waals surface area contributed by atoms with E-state index >= 15 is 0 Å². The van der Waals surface area contributed by atoms with Gasteiger partial charge in [-0.2, -0.15) is 0 Å². The molecule has 2 fully saturated rings. The van der Waals surface area contributed by atoms with Crippen LogP contribution >= 0.6 is 11.8 Å². The van der Waals surface area contributed by atoms with Gasteiger partial charge in [0, 0.05) is 17.9 Å². The summed E-state index contributed by atoms with van der Waals surface area (Å²) in [4.78, 5) is 26.8. The average Bonchev–Trinajstić information content (AvgIpc) is 3.18. The van der Waals surface area contributed by atoms with E-state index in [2.05, 4.69) is 5.32 Å². The molecule has 2 heterocycles. The van der Waals surface area contributed by atoms with Crippen LogP contribution in [-0.2, 0) is 14.5 Å². The van der Waals surface area contributed by atoms with E-state index in [1.54, 1.807) is 22.7 Å². The van der Waals surface area contributed by atoms with E-state index in [1.165, 1.54) is 12.1 Å². The van der Waals surface area contributed by atoms with E-state index in [-0.39, 0.29) is 11.8 Å². The lowest BCUT2D eigenvalue weighted by Gasteiger charge is -2.34. The molecule has 2 aliphatic heterocycles. The molecule has 134 valence electrons. The number of fused-ring (bicyclic) bond motifs is 1. The number of carbonyl (C=O) groups excluding carboxylic acids is 2. The van der Waals surface area contributed by atoms with Crippen molar-refractivity contribution in [1.29, 1.82) is 0 Å². The number of hydrogen-bond acceptors (Lipinski definition) is 3. The van der Waals surface area contributed by atoms with Crippen LogP contribution in [0.5, 0.6) is 0 Å². The monoisotopic (exact) mass is 370 g/mol. The fourth-order valence-electron chi connectivity index (χ4n) is 3.78. The van der Waals surface area contributed by atoms with Crippen LogP contribution in [0.4, 0.5) is 10.1 Å². The molecule has 2 saturated heterocycles. The Hall–Kier alpha value is -2.34. The zero-order valence-electron chi connectivity index (χ0n) is 14.4. The molecule has 4 nitrogen and oxygen atoms in total. The highest BCUT2D eigenvalue weighted by Gasteiger charge is 2.56. The molecule has 0 bridgehead atoms. The number of hydrogen-bond donors (Lipinski definition) is 1. The van der Waals surface area contributed by atoms with Crippen molar-refractivity contribution in [1.82, 2.24) is 4.90 Å². The number of thioether (sulfide) groups is 1. The first-order valence-electron chi connectivity index (χ1n) is 8.60. The topological polar surface area (TPSA) is 49.4 Å². The van der Waals surface area contributed by atoms with Crippen molar-refractivity contribution in [2.75, 3.05) is 11.1 Å². The van der Waals surface area contributed by atoms with Crippen LogP contribution in [0, 0.1) is 12.7 Å². The zero-order valence-corrected chi connectivity index (χ0v) is 15.2. The van der Waals surface area contributed by atoms with E-state index in [4.69, 9.17) is 0 Å². The molecule has 4 rings (SSSR count). The SMILES string of the molecule is Cc1ccc(F)cc1NC(=O)[C@H]1CS[C@]2(c3ccccc3)CCC(=O)N12. The second kappa shape index (κ2) is 6.43. The summed E-state index contributed by atoms with van der Waals surface area (Å²) in [7, 11) is 0. The van der Waals surface area contributed by atoms with Gasteiger partial charge in [0.05, 0.1) is 0 Å². The third kappa shape index (κ3) is 2.69. The van der Waals surface area contributed by atoms with E-state index in [9.17, 15) is 14.0 Å². The summed E-state index contributed by atoms with van der Waals surface area (Å²) < 4.78 is 13.5. The minimum absolute atomic E-state index is 0.00466. The Labute approximate surface area is 155 Å². The second-order valence-electron chi connectivity index (χ2n) is 6.69. The highest BCUT2D eigenvalue weighted by Crippen LogP contribution is 2.54. The summed E-state index contributed by atoms with van der Waals surface area (Å²) in [5.74, 6) is -0.141. The van der Waals surface area contributed by atoms with Gasteiger partial charge in [-0.3, -0.25) is 9.59 Å². The second-order valence-corrected chi connectivity index (χ2v) is 7.99. The highest BCUT2D eigenvalue weighted by atomic mass is 32.2. The summed E-state index contributed by atoms with van der Waals surface area (Å²) in [6, 6.07) is 13.6. The molecular formula is C20H19FN2O2S.